The van der Waals surface area contributed by atoms with Crippen LogP contribution in [0.1, 0.15) is 24.5 Å². The minimum Gasteiger partial charge on any atom is -0.192 e. The zero-order valence-electron chi connectivity index (χ0n) is 8.00. The van der Waals surface area contributed by atoms with Crippen LogP contribution in [0.5, 0.6) is 0 Å². The van der Waals surface area contributed by atoms with Crippen LogP contribution in [0.25, 0.3) is 0 Å². The standard InChI is InChI=1S/C11H13NS/c1-3-6-13-11-7-9(2)4-5-10(11)8-12/h4-5,7H,3,6H2,1-2H3. The molecule has 0 atom stereocenters. The molecule has 0 saturated carbocycles. The van der Waals surface area contributed by atoms with Crippen LogP contribution in [0.2, 0.25) is 0 Å². The van der Waals surface area contributed by atoms with E-state index in [1.54, 1.807) is 11.8 Å². The first-order valence-electron chi connectivity index (χ1n) is 4.41. The second kappa shape index (κ2) is 4.94. The first-order valence-corrected chi connectivity index (χ1v) is 5.40. The van der Waals surface area contributed by atoms with E-state index in [0.717, 1.165) is 22.6 Å². The van der Waals surface area contributed by atoms with E-state index in [-0.39, 0.29) is 0 Å². The molecule has 0 bridgehead atoms. The molecule has 0 radical (unpaired) electrons. The Hall–Kier alpha value is -0.940. The summed E-state index contributed by atoms with van der Waals surface area (Å²) in [4.78, 5) is 1.12. The molecular formula is C11H13NS. The van der Waals surface area contributed by atoms with Crippen LogP contribution in [0.4, 0.5) is 0 Å². The maximum atomic E-state index is 8.85. The number of benzene rings is 1. The molecule has 1 nitrogen and oxygen atoms in total. The molecule has 0 heterocycles. The predicted molar refractivity (Wildman–Crippen MR) is 56.9 cm³/mol. The average Bonchev–Trinajstić information content (AvgIpc) is 2.15. The molecule has 1 rings (SSSR count). The Morgan fingerprint density at radius 1 is 1.46 bits per heavy atom. The number of nitrogens with zero attached hydrogens (tertiary/aromatic N) is 1. The maximum absolute atomic E-state index is 8.85. The topological polar surface area (TPSA) is 23.8 Å². The third kappa shape index (κ3) is 2.78. The summed E-state index contributed by atoms with van der Waals surface area (Å²) in [6.45, 7) is 4.20. The molecule has 1 aromatic rings. The highest BCUT2D eigenvalue weighted by atomic mass is 32.2. The van der Waals surface area contributed by atoms with Gasteiger partial charge in [0.1, 0.15) is 6.07 Å². The van der Waals surface area contributed by atoms with E-state index in [0.29, 0.717) is 0 Å². The summed E-state index contributed by atoms with van der Waals surface area (Å²) < 4.78 is 0. The summed E-state index contributed by atoms with van der Waals surface area (Å²) in [6.07, 6.45) is 1.14. The van der Waals surface area contributed by atoms with Crippen molar-refractivity contribution in [2.45, 2.75) is 25.2 Å². The van der Waals surface area contributed by atoms with Crippen molar-refractivity contribution in [1.29, 1.82) is 5.26 Å². The van der Waals surface area contributed by atoms with Gasteiger partial charge in [0.15, 0.2) is 0 Å². The van der Waals surface area contributed by atoms with Crippen LogP contribution in [0, 0.1) is 18.3 Å². The van der Waals surface area contributed by atoms with E-state index in [4.69, 9.17) is 5.26 Å². The number of nitriles is 1. The normalized spacial score (nSPS) is 9.62. The van der Waals surface area contributed by atoms with Gasteiger partial charge in [-0.15, -0.1) is 11.8 Å². The highest BCUT2D eigenvalue weighted by Crippen LogP contribution is 2.23. The fraction of sp³-hybridized carbons (Fsp3) is 0.364. The van der Waals surface area contributed by atoms with Crippen molar-refractivity contribution >= 4 is 11.8 Å². The largest absolute Gasteiger partial charge is 0.192 e. The lowest BCUT2D eigenvalue weighted by molar-refractivity contribution is 1.10. The van der Waals surface area contributed by atoms with Crippen LogP contribution < -0.4 is 0 Å². The van der Waals surface area contributed by atoms with Crippen molar-refractivity contribution in [3.8, 4) is 6.07 Å². The zero-order chi connectivity index (χ0) is 9.68. The van der Waals surface area contributed by atoms with E-state index in [1.807, 2.05) is 12.1 Å². The average molecular weight is 191 g/mol. The molecule has 0 unspecified atom stereocenters. The quantitative estimate of drug-likeness (QED) is 0.684. The van der Waals surface area contributed by atoms with Gasteiger partial charge < -0.3 is 0 Å². The fourth-order valence-electron chi connectivity index (χ4n) is 1.05. The van der Waals surface area contributed by atoms with E-state index in [1.165, 1.54) is 5.56 Å². The maximum Gasteiger partial charge on any atom is 0.100 e. The Balaban J connectivity index is 2.89. The lowest BCUT2D eigenvalue weighted by atomic mass is 10.2. The minimum atomic E-state index is 0.795. The molecule has 13 heavy (non-hydrogen) atoms. The van der Waals surface area contributed by atoms with Gasteiger partial charge in [-0.05, 0) is 36.8 Å². The number of rotatable bonds is 3. The van der Waals surface area contributed by atoms with E-state index in [9.17, 15) is 0 Å². The van der Waals surface area contributed by atoms with Crippen LogP contribution in [0.3, 0.4) is 0 Å². The Labute approximate surface area is 83.8 Å². The lowest BCUT2D eigenvalue weighted by Gasteiger charge is -2.03. The van der Waals surface area contributed by atoms with Gasteiger partial charge in [0.2, 0.25) is 0 Å². The Morgan fingerprint density at radius 3 is 2.85 bits per heavy atom. The van der Waals surface area contributed by atoms with Crippen molar-refractivity contribution in [2.75, 3.05) is 5.75 Å². The Bertz CT molecular complexity index is 325. The monoisotopic (exact) mass is 191 g/mol. The smallest absolute Gasteiger partial charge is 0.100 e. The van der Waals surface area contributed by atoms with Gasteiger partial charge in [0, 0.05) is 4.90 Å². The fourth-order valence-corrected chi connectivity index (χ4v) is 2.02. The second-order valence-corrected chi connectivity index (χ2v) is 4.10. The van der Waals surface area contributed by atoms with Gasteiger partial charge in [0.05, 0.1) is 5.56 Å². The molecule has 0 N–H and O–H groups in total. The van der Waals surface area contributed by atoms with E-state index >= 15 is 0 Å². The molecule has 0 saturated heterocycles. The van der Waals surface area contributed by atoms with E-state index < -0.39 is 0 Å². The van der Waals surface area contributed by atoms with Crippen molar-refractivity contribution < 1.29 is 0 Å². The van der Waals surface area contributed by atoms with Gasteiger partial charge >= 0.3 is 0 Å². The molecule has 68 valence electrons. The van der Waals surface area contributed by atoms with Crippen LogP contribution in [-0.2, 0) is 0 Å². The van der Waals surface area contributed by atoms with Crippen molar-refractivity contribution in [2.24, 2.45) is 0 Å². The number of thioether (sulfide) groups is 1. The molecule has 1 aromatic carbocycles. The summed E-state index contributed by atoms with van der Waals surface area (Å²) in [5.74, 6) is 1.08. The minimum absolute atomic E-state index is 0.795. The molecule has 0 fully saturated rings. The highest BCUT2D eigenvalue weighted by Gasteiger charge is 2.01. The molecular weight excluding hydrogens is 178 g/mol. The van der Waals surface area contributed by atoms with Gasteiger partial charge in [-0.3, -0.25) is 0 Å². The first-order chi connectivity index (χ1) is 6.27. The first kappa shape index (κ1) is 10.1. The lowest BCUT2D eigenvalue weighted by Crippen LogP contribution is -1.84. The van der Waals surface area contributed by atoms with Crippen LogP contribution >= 0.6 is 11.8 Å². The summed E-state index contributed by atoms with van der Waals surface area (Å²) in [7, 11) is 0. The van der Waals surface area contributed by atoms with Crippen molar-refractivity contribution in [3.05, 3.63) is 29.3 Å². The van der Waals surface area contributed by atoms with Crippen LogP contribution in [-0.4, -0.2) is 5.75 Å². The summed E-state index contributed by atoms with van der Waals surface area (Å²) in [6, 6.07) is 8.17. The van der Waals surface area contributed by atoms with Crippen LogP contribution in [0.15, 0.2) is 23.1 Å². The van der Waals surface area contributed by atoms with Crippen molar-refractivity contribution in [1.82, 2.24) is 0 Å². The number of aryl methyl sites for hydroxylation is 1. The van der Waals surface area contributed by atoms with Gasteiger partial charge in [-0.1, -0.05) is 13.0 Å². The zero-order valence-corrected chi connectivity index (χ0v) is 8.82. The molecule has 0 aliphatic rings. The summed E-state index contributed by atoms with van der Waals surface area (Å²) >= 11 is 1.76. The third-order valence-electron chi connectivity index (χ3n) is 1.72. The number of hydrogen-bond donors (Lipinski definition) is 0. The highest BCUT2D eigenvalue weighted by molar-refractivity contribution is 7.99. The molecule has 0 aromatic heterocycles. The Morgan fingerprint density at radius 2 is 2.23 bits per heavy atom. The second-order valence-electron chi connectivity index (χ2n) is 2.96. The molecule has 0 spiro atoms. The molecule has 0 aliphatic carbocycles. The Kier molecular flexibility index (Phi) is 3.85. The summed E-state index contributed by atoms with van der Waals surface area (Å²) in [5.41, 5.74) is 2.02. The molecule has 2 heteroatoms. The van der Waals surface area contributed by atoms with E-state index in [2.05, 4.69) is 26.0 Å². The number of hydrogen-bond acceptors (Lipinski definition) is 2. The van der Waals surface area contributed by atoms with Gasteiger partial charge in [0.25, 0.3) is 0 Å². The molecule has 0 aliphatic heterocycles. The van der Waals surface area contributed by atoms with Gasteiger partial charge in [-0.2, -0.15) is 5.26 Å². The molecule has 0 amide bonds. The third-order valence-corrected chi connectivity index (χ3v) is 2.98. The predicted octanol–water partition coefficient (Wildman–Crippen LogP) is 3.37. The van der Waals surface area contributed by atoms with Crippen molar-refractivity contribution in [3.63, 3.8) is 0 Å². The summed E-state index contributed by atoms with van der Waals surface area (Å²) in [5, 5.41) is 8.85. The SMILES string of the molecule is CCCSc1cc(C)ccc1C#N. The van der Waals surface area contributed by atoms with Gasteiger partial charge in [-0.25, -0.2) is 0 Å².